The summed E-state index contributed by atoms with van der Waals surface area (Å²) in [6.07, 6.45) is 0.209. The van der Waals surface area contributed by atoms with E-state index in [0.29, 0.717) is 5.69 Å². The van der Waals surface area contributed by atoms with Crippen molar-refractivity contribution in [3.63, 3.8) is 0 Å². The molecule has 0 atom stereocenters. The van der Waals surface area contributed by atoms with Gasteiger partial charge in [0.15, 0.2) is 24.0 Å². The molecular weight excluding hydrogens is 328 g/mol. The van der Waals surface area contributed by atoms with Crippen LogP contribution in [0.3, 0.4) is 0 Å². The fourth-order valence-electron chi connectivity index (χ4n) is 1.81. The molecule has 2 aromatic carbocycles. The maximum Gasteiger partial charge on any atom is 0.262 e. The summed E-state index contributed by atoms with van der Waals surface area (Å²) in [6.45, 7) is -0.851. The Balaban J connectivity index is 2.00. The maximum absolute atomic E-state index is 13.4. The van der Waals surface area contributed by atoms with Crippen LogP contribution in [0.25, 0.3) is 0 Å². The molecule has 1 amide bonds. The Kier molecular flexibility index (Phi) is 5.37. The van der Waals surface area contributed by atoms with Crippen molar-refractivity contribution in [1.82, 2.24) is 0 Å². The molecule has 0 saturated heterocycles. The second-order valence-corrected chi connectivity index (χ2v) is 4.67. The molecule has 0 spiro atoms. The summed E-state index contributed by atoms with van der Waals surface area (Å²) in [4.78, 5) is 11.7. The van der Waals surface area contributed by atoms with Crippen LogP contribution in [0.4, 0.5) is 23.2 Å². The van der Waals surface area contributed by atoms with Gasteiger partial charge in [-0.25, -0.2) is 8.78 Å². The van der Waals surface area contributed by atoms with Crippen LogP contribution in [0, 0.1) is 34.6 Å². The van der Waals surface area contributed by atoms with Crippen molar-refractivity contribution < 1.29 is 27.1 Å². The number of carbonyl (C=O) groups excluding carboxylic acids is 1. The van der Waals surface area contributed by atoms with Crippen molar-refractivity contribution >= 4 is 11.6 Å². The zero-order valence-electron chi connectivity index (χ0n) is 12.1. The van der Waals surface area contributed by atoms with E-state index in [1.807, 2.05) is 6.07 Å². The van der Waals surface area contributed by atoms with Crippen LogP contribution in [0.5, 0.6) is 5.75 Å². The van der Waals surface area contributed by atoms with Crippen LogP contribution in [-0.4, -0.2) is 12.5 Å². The van der Waals surface area contributed by atoms with Gasteiger partial charge in [0.25, 0.3) is 5.91 Å². The number of benzene rings is 2. The van der Waals surface area contributed by atoms with Gasteiger partial charge in [0, 0.05) is 11.8 Å². The van der Waals surface area contributed by atoms with E-state index in [9.17, 15) is 22.4 Å². The lowest BCUT2D eigenvalue weighted by Crippen LogP contribution is -2.21. The molecule has 0 unspecified atom stereocenters. The van der Waals surface area contributed by atoms with Gasteiger partial charge in [0.2, 0.25) is 11.6 Å². The number of anilines is 1. The second-order valence-electron chi connectivity index (χ2n) is 4.67. The summed E-state index contributed by atoms with van der Waals surface area (Å²) in [7, 11) is 0. The molecule has 0 fully saturated rings. The van der Waals surface area contributed by atoms with Gasteiger partial charge in [-0.1, -0.05) is 12.1 Å². The molecule has 0 aliphatic rings. The van der Waals surface area contributed by atoms with Gasteiger partial charge in [0.05, 0.1) is 12.5 Å². The van der Waals surface area contributed by atoms with Gasteiger partial charge >= 0.3 is 0 Å². The molecule has 24 heavy (non-hydrogen) atoms. The van der Waals surface area contributed by atoms with Crippen LogP contribution in [0.15, 0.2) is 30.3 Å². The lowest BCUT2D eigenvalue weighted by molar-refractivity contribution is -0.118. The number of amides is 1. The molecule has 1 N–H and O–H groups in total. The number of rotatable bonds is 5. The van der Waals surface area contributed by atoms with Gasteiger partial charge in [-0.05, 0) is 17.7 Å². The van der Waals surface area contributed by atoms with Crippen molar-refractivity contribution in [2.75, 3.05) is 11.9 Å². The molecule has 2 rings (SSSR count). The van der Waals surface area contributed by atoms with Crippen LogP contribution < -0.4 is 10.1 Å². The minimum Gasteiger partial charge on any atom is -0.477 e. The van der Waals surface area contributed by atoms with Crippen LogP contribution in [-0.2, 0) is 11.2 Å². The highest BCUT2D eigenvalue weighted by Gasteiger charge is 2.21. The molecule has 2 aromatic rings. The van der Waals surface area contributed by atoms with Gasteiger partial charge < -0.3 is 10.1 Å². The zero-order chi connectivity index (χ0) is 17.7. The molecule has 8 heteroatoms. The third kappa shape index (κ3) is 4.01. The zero-order valence-corrected chi connectivity index (χ0v) is 12.1. The first kappa shape index (κ1) is 17.3. The lowest BCUT2D eigenvalue weighted by Gasteiger charge is -2.10. The number of ether oxygens (including phenoxy) is 1. The molecule has 0 aromatic heterocycles. The summed E-state index contributed by atoms with van der Waals surface area (Å²) in [5.74, 6) is -8.78. The predicted octanol–water partition coefficient (Wildman–Crippen LogP) is 3.33. The highest BCUT2D eigenvalue weighted by Crippen LogP contribution is 2.26. The first-order valence-corrected chi connectivity index (χ1v) is 6.64. The van der Waals surface area contributed by atoms with Gasteiger partial charge in [-0.2, -0.15) is 14.0 Å². The monoisotopic (exact) mass is 338 g/mol. The van der Waals surface area contributed by atoms with E-state index < -0.39 is 41.5 Å². The molecular formula is C16H10F4N2O2. The SMILES string of the molecule is N#CCc1ccc(NC(=O)COc2c(F)c(F)cc(F)c2F)cc1. The standard InChI is InChI=1S/C16H10F4N2O2/c17-11-7-12(18)15(20)16(14(11)19)24-8-13(23)22-10-3-1-9(2-4-10)5-6-21/h1-4,7H,5,8H2,(H,22,23). The number of halogens is 4. The minimum absolute atomic E-state index is 0.0421. The van der Waals surface area contributed by atoms with E-state index in [-0.39, 0.29) is 12.5 Å². The molecule has 0 bridgehead atoms. The molecule has 0 radical (unpaired) electrons. The van der Waals surface area contributed by atoms with E-state index >= 15 is 0 Å². The smallest absolute Gasteiger partial charge is 0.262 e. The fraction of sp³-hybridized carbons (Fsp3) is 0.125. The number of hydrogen-bond acceptors (Lipinski definition) is 3. The predicted molar refractivity (Wildman–Crippen MR) is 76.2 cm³/mol. The van der Waals surface area contributed by atoms with Gasteiger partial charge in [-0.15, -0.1) is 0 Å². The quantitative estimate of drug-likeness (QED) is 0.672. The van der Waals surface area contributed by atoms with E-state index in [1.54, 1.807) is 12.1 Å². The summed E-state index contributed by atoms with van der Waals surface area (Å²) in [5, 5.41) is 10.9. The summed E-state index contributed by atoms with van der Waals surface area (Å²) < 4.78 is 57.3. The Morgan fingerprint density at radius 2 is 1.67 bits per heavy atom. The number of hydrogen-bond donors (Lipinski definition) is 1. The van der Waals surface area contributed by atoms with Crippen molar-refractivity contribution in [2.24, 2.45) is 0 Å². The van der Waals surface area contributed by atoms with Crippen LogP contribution in [0.2, 0.25) is 0 Å². The third-order valence-corrected chi connectivity index (χ3v) is 2.94. The average Bonchev–Trinajstić information content (AvgIpc) is 2.55. The van der Waals surface area contributed by atoms with Gasteiger partial charge in [-0.3, -0.25) is 4.79 Å². The lowest BCUT2D eigenvalue weighted by atomic mass is 10.1. The van der Waals surface area contributed by atoms with Crippen LogP contribution >= 0.6 is 0 Å². The molecule has 0 aliphatic heterocycles. The van der Waals surface area contributed by atoms with Crippen molar-refractivity contribution in [1.29, 1.82) is 5.26 Å². The summed E-state index contributed by atoms with van der Waals surface area (Å²) in [6, 6.07) is 8.27. The van der Waals surface area contributed by atoms with Crippen LogP contribution in [0.1, 0.15) is 5.56 Å². The molecule has 124 valence electrons. The largest absolute Gasteiger partial charge is 0.477 e. The Labute approximate surface area is 134 Å². The first-order valence-electron chi connectivity index (χ1n) is 6.64. The third-order valence-electron chi connectivity index (χ3n) is 2.94. The summed E-state index contributed by atoms with van der Waals surface area (Å²) >= 11 is 0. The highest BCUT2D eigenvalue weighted by molar-refractivity contribution is 5.91. The fourth-order valence-corrected chi connectivity index (χ4v) is 1.81. The Morgan fingerprint density at radius 1 is 1.08 bits per heavy atom. The Morgan fingerprint density at radius 3 is 2.21 bits per heavy atom. The number of carbonyl (C=O) groups is 1. The van der Waals surface area contributed by atoms with E-state index in [4.69, 9.17) is 5.26 Å². The normalized spacial score (nSPS) is 10.1. The molecule has 4 nitrogen and oxygen atoms in total. The highest BCUT2D eigenvalue weighted by atomic mass is 19.2. The first-order chi connectivity index (χ1) is 11.4. The summed E-state index contributed by atoms with van der Waals surface area (Å²) in [5.41, 5.74) is 1.10. The van der Waals surface area contributed by atoms with E-state index in [2.05, 4.69) is 10.1 Å². The van der Waals surface area contributed by atoms with Gasteiger partial charge in [0.1, 0.15) is 0 Å². The Bertz CT molecular complexity index is 775. The van der Waals surface area contributed by atoms with Crippen molar-refractivity contribution in [2.45, 2.75) is 6.42 Å². The number of nitriles is 1. The minimum atomic E-state index is -1.72. The number of nitrogens with zero attached hydrogens (tertiary/aromatic N) is 1. The average molecular weight is 338 g/mol. The Hall–Kier alpha value is -3.08. The van der Waals surface area contributed by atoms with E-state index in [0.717, 1.165) is 5.56 Å². The van der Waals surface area contributed by atoms with Crippen molar-refractivity contribution in [3.05, 3.63) is 59.2 Å². The molecule has 0 saturated carbocycles. The van der Waals surface area contributed by atoms with E-state index in [1.165, 1.54) is 12.1 Å². The maximum atomic E-state index is 13.4. The topological polar surface area (TPSA) is 62.1 Å². The second kappa shape index (κ2) is 7.46. The van der Waals surface area contributed by atoms with Crippen molar-refractivity contribution in [3.8, 4) is 11.8 Å². The number of nitrogens with one attached hydrogen (secondary N) is 1. The molecule has 0 heterocycles. The molecule has 0 aliphatic carbocycles.